The van der Waals surface area contributed by atoms with Crippen LogP contribution in [0.15, 0.2) is 12.2 Å². The van der Waals surface area contributed by atoms with Gasteiger partial charge in [0.25, 0.3) is 0 Å². The van der Waals surface area contributed by atoms with Crippen LogP contribution in [0.5, 0.6) is 0 Å². The Kier molecular flexibility index (Phi) is 7.33. The van der Waals surface area contributed by atoms with Gasteiger partial charge >= 0.3 is 0 Å². The Balaban J connectivity index is 1.67. The lowest BCUT2D eigenvalue weighted by Crippen LogP contribution is -2.25. The molecule has 2 aliphatic carbocycles. The molecule has 2 rings (SSSR count). The highest BCUT2D eigenvalue weighted by Crippen LogP contribution is 2.42. The maximum Gasteiger partial charge on any atom is 0.0928 e. The normalized spacial score (nSPS) is 35.5. The van der Waals surface area contributed by atoms with Crippen LogP contribution in [0, 0.1) is 17.8 Å². The molecule has 2 fully saturated rings. The Labute approximate surface area is 127 Å². The first-order chi connectivity index (χ1) is 9.83. The molecule has 2 heteroatoms. The van der Waals surface area contributed by atoms with E-state index in [2.05, 4.69) is 19.1 Å². The molecule has 0 bridgehead atoms. The van der Waals surface area contributed by atoms with Crippen molar-refractivity contribution < 1.29 is 4.39 Å². The van der Waals surface area contributed by atoms with Gasteiger partial charge in [0.1, 0.15) is 0 Å². The standard InChI is InChI=1S/C18H31FSi/c1-2-20-18-12-10-17(11-13-18)16-8-6-15(7-9-16)5-3-4-14-19/h3,5,15-18H,2,4,6-14H2,1H3/b5-3+. The molecule has 0 saturated heterocycles. The van der Waals surface area contributed by atoms with Crippen molar-refractivity contribution in [3.8, 4) is 0 Å². The van der Waals surface area contributed by atoms with Crippen LogP contribution in [0.3, 0.4) is 0 Å². The van der Waals surface area contributed by atoms with Crippen molar-refractivity contribution in [1.29, 1.82) is 0 Å². The molecule has 0 atom stereocenters. The summed E-state index contributed by atoms with van der Waals surface area (Å²) in [6, 6.07) is 1.39. The molecule has 0 aromatic rings. The number of hydrogen-bond acceptors (Lipinski definition) is 0. The van der Waals surface area contributed by atoms with E-state index in [-0.39, 0.29) is 6.67 Å². The van der Waals surface area contributed by atoms with E-state index in [1.807, 2.05) is 0 Å². The van der Waals surface area contributed by atoms with Gasteiger partial charge in [0.15, 0.2) is 0 Å². The molecular weight excluding hydrogens is 263 g/mol. The first-order valence-corrected chi connectivity index (χ1v) is 10.1. The summed E-state index contributed by atoms with van der Waals surface area (Å²) in [7, 11) is 1.22. The topological polar surface area (TPSA) is 0 Å². The molecule has 114 valence electrons. The van der Waals surface area contributed by atoms with Gasteiger partial charge in [0, 0.05) is 9.52 Å². The van der Waals surface area contributed by atoms with Gasteiger partial charge in [-0.05, 0) is 55.4 Å². The second-order valence-electron chi connectivity index (χ2n) is 6.75. The quantitative estimate of drug-likeness (QED) is 0.427. The van der Waals surface area contributed by atoms with Gasteiger partial charge < -0.3 is 0 Å². The third-order valence-corrected chi connectivity index (χ3v) is 6.99. The number of rotatable bonds is 6. The van der Waals surface area contributed by atoms with Crippen molar-refractivity contribution in [3.63, 3.8) is 0 Å². The Bertz CT molecular complexity index is 273. The molecule has 0 N–H and O–H groups in total. The lowest BCUT2D eigenvalue weighted by molar-refractivity contribution is 0.180. The summed E-state index contributed by atoms with van der Waals surface area (Å²) < 4.78 is 12.1. The summed E-state index contributed by atoms with van der Waals surface area (Å²) in [4.78, 5) is 0. The van der Waals surface area contributed by atoms with Crippen molar-refractivity contribution in [2.75, 3.05) is 6.67 Å². The second kappa shape index (κ2) is 9.02. The fourth-order valence-corrected chi connectivity index (χ4v) is 5.56. The van der Waals surface area contributed by atoms with E-state index in [0.717, 1.165) is 23.3 Å². The van der Waals surface area contributed by atoms with Gasteiger partial charge in [-0.3, -0.25) is 4.39 Å². The van der Waals surface area contributed by atoms with Crippen LogP contribution in [0.4, 0.5) is 4.39 Å². The molecule has 0 amide bonds. The van der Waals surface area contributed by atoms with E-state index in [0.29, 0.717) is 6.42 Å². The Morgan fingerprint density at radius 2 is 1.55 bits per heavy atom. The van der Waals surface area contributed by atoms with Crippen LogP contribution in [0.1, 0.15) is 64.7 Å². The van der Waals surface area contributed by atoms with Crippen LogP contribution < -0.4 is 0 Å². The van der Waals surface area contributed by atoms with E-state index >= 15 is 0 Å². The summed E-state index contributed by atoms with van der Waals surface area (Å²) in [6.45, 7) is 2.13. The summed E-state index contributed by atoms with van der Waals surface area (Å²) in [5.41, 5.74) is 1.07. The molecule has 0 spiro atoms. The van der Waals surface area contributed by atoms with Gasteiger partial charge in [-0.2, -0.15) is 0 Å². The fraction of sp³-hybridized carbons (Fsp3) is 0.889. The molecule has 0 aromatic carbocycles. The number of alkyl halides is 1. The van der Waals surface area contributed by atoms with E-state index in [4.69, 9.17) is 0 Å². The highest BCUT2D eigenvalue weighted by atomic mass is 28.2. The summed E-state index contributed by atoms with van der Waals surface area (Å²) in [6.07, 6.45) is 16.5. The van der Waals surface area contributed by atoms with Crippen molar-refractivity contribution in [3.05, 3.63) is 12.2 Å². The predicted octanol–water partition coefficient (Wildman–Crippen LogP) is 5.83. The van der Waals surface area contributed by atoms with E-state index in [9.17, 15) is 4.39 Å². The molecular formula is C18H31FSi. The highest BCUT2D eigenvalue weighted by Gasteiger charge is 2.30. The minimum atomic E-state index is -0.201. The maximum atomic E-state index is 12.1. The van der Waals surface area contributed by atoms with Crippen molar-refractivity contribution in [2.45, 2.75) is 76.3 Å². The Morgan fingerprint density at radius 3 is 2.10 bits per heavy atom. The van der Waals surface area contributed by atoms with Gasteiger partial charge in [0.2, 0.25) is 0 Å². The highest BCUT2D eigenvalue weighted by molar-refractivity contribution is 6.37. The maximum absolute atomic E-state index is 12.1. The largest absolute Gasteiger partial charge is 0.251 e. The lowest BCUT2D eigenvalue weighted by Gasteiger charge is -2.37. The van der Waals surface area contributed by atoms with Crippen LogP contribution in [0.2, 0.25) is 11.6 Å². The SMILES string of the molecule is CC[Si]C1CCC(C2CCC(/C=C/CCF)CC2)CC1. The average Bonchev–Trinajstić information content (AvgIpc) is 2.49. The van der Waals surface area contributed by atoms with Crippen molar-refractivity contribution in [2.24, 2.45) is 17.8 Å². The smallest absolute Gasteiger partial charge is 0.0928 e. The Hall–Kier alpha value is -0.113. The van der Waals surface area contributed by atoms with Gasteiger partial charge in [-0.1, -0.05) is 50.8 Å². The fourth-order valence-electron chi connectivity index (χ4n) is 4.24. The third-order valence-electron chi connectivity index (χ3n) is 5.43. The zero-order chi connectivity index (χ0) is 14.2. The number of hydrogen-bond donors (Lipinski definition) is 0. The van der Waals surface area contributed by atoms with Gasteiger partial charge in [-0.25, -0.2) is 0 Å². The monoisotopic (exact) mass is 294 g/mol. The molecule has 0 unspecified atom stereocenters. The molecule has 2 radical (unpaired) electrons. The molecule has 2 saturated carbocycles. The molecule has 2 aliphatic rings. The van der Waals surface area contributed by atoms with Crippen LogP contribution >= 0.6 is 0 Å². The average molecular weight is 295 g/mol. The third kappa shape index (κ3) is 5.02. The zero-order valence-electron chi connectivity index (χ0n) is 13.1. The summed E-state index contributed by atoms with van der Waals surface area (Å²) in [5.74, 6) is 2.78. The van der Waals surface area contributed by atoms with E-state index in [1.165, 1.54) is 66.9 Å². The molecule has 0 nitrogen and oxygen atoms in total. The van der Waals surface area contributed by atoms with Crippen molar-refractivity contribution in [1.82, 2.24) is 0 Å². The zero-order valence-corrected chi connectivity index (χ0v) is 14.1. The van der Waals surface area contributed by atoms with Crippen molar-refractivity contribution >= 4 is 9.52 Å². The van der Waals surface area contributed by atoms with Crippen LogP contribution in [-0.4, -0.2) is 16.2 Å². The molecule has 0 aromatic heterocycles. The summed E-state index contributed by atoms with van der Waals surface area (Å²) >= 11 is 0. The van der Waals surface area contributed by atoms with Gasteiger partial charge in [-0.15, -0.1) is 0 Å². The van der Waals surface area contributed by atoms with Gasteiger partial charge in [0.05, 0.1) is 6.67 Å². The molecule has 20 heavy (non-hydrogen) atoms. The van der Waals surface area contributed by atoms with Crippen LogP contribution in [0.25, 0.3) is 0 Å². The molecule has 0 heterocycles. The first-order valence-electron chi connectivity index (χ1n) is 8.79. The lowest BCUT2D eigenvalue weighted by atomic mass is 9.71. The number of halogens is 1. The minimum absolute atomic E-state index is 0.201. The molecule has 0 aliphatic heterocycles. The van der Waals surface area contributed by atoms with Crippen LogP contribution in [-0.2, 0) is 0 Å². The minimum Gasteiger partial charge on any atom is -0.251 e. The van der Waals surface area contributed by atoms with E-state index < -0.39 is 0 Å². The predicted molar refractivity (Wildman–Crippen MR) is 87.1 cm³/mol. The Morgan fingerprint density at radius 1 is 0.950 bits per heavy atom. The number of allylic oxidation sites excluding steroid dienone is 2. The second-order valence-corrected chi connectivity index (χ2v) is 8.68. The van der Waals surface area contributed by atoms with E-state index in [1.54, 1.807) is 0 Å². The first kappa shape index (κ1) is 16.3. The summed E-state index contributed by atoms with van der Waals surface area (Å²) in [5, 5.41) is 0.